The molecule has 1 fully saturated rings. The Morgan fingerprint density at radius 2 is 1.06 bits per heavy atom. The summed E-state index contributed by atoms with van der Waals surface area (Å²) in [6.45, 7) is 3.76. The van der Waals surface area contributed by atoms with Crippen LogP contribution in [0.3, 0.4) is 0 Å². The Hall–Kier alpha value is -9.41. The van der Waals surface area contributed by atoms with E-state index in [2.05, 4.69) is 52.2 Å². The van der Waals surface area contributed by atoms with E-state index in [9.17, 15) is 53.1 Å². The standard InChI is InChI=1S/C56H82N18O11/c1-32(2)27-40(71-52(83)42(28-33-9-4-3-5-10-33)73-50(81)41(67-46(77)18-21-57)29-34-14-16-36(75)17-15-34)49(80)72-43(30-35-19-24-64-25-20-35)51(82)69-38(12-7-23-66-56(62)63)54(85)74-26-8-13-44(74)53(84)68-37(11-6-22-65-55(60)61)48(79)70-39(47(59)78)31-45(58)76/h3-5,9-10,14-17,19-20,24-25,32,37-44,75H,6-8,11-13,18,21-23,26-31,57H2,1-2H3,(H2,58,76)(H2,59,78)(H,67,77)(H,68,84)(H,69,82)(H,70,79)(H,71,83)(H,72,80)(H,73,81)(H4,60,61,65)(H4,62,63,66)/t37-,38-,39-,40-,41-,42-,43-,44-/m0/s1. The van der Waals surface area contributed by atoms with Gasteiger partial charge in [-0.3, -0.25) is 62.9 Å². The van der Waals surface area contributed by atoms with Gasteiger partial charge in [0.15, 0.2) is 11.9 Å². The summed E-state index contributed by atoms with van der Waals surface area (Å²) in [5, 5.41) is 28.7. The van der Waals surface area contributed by atoms with Gasteiger partial charge in [0, 0.05) is 64.3 Å². The molecular formula is C56H82N18O11. The van der Waals surface area contributed by atoms with Gasteiger partial charge in [-0.05, 0) is 91.8 Å². The number of aromatic nitrogens is 1. The molecule has 10 amide bonds. The lowest BCUT2D eigenvalue weighted by Gasteiger charge is -2.31. The Labute approximate surface area is 492 Å². The molecular weight excluding hydrogens is 1100 g/mol. The van der Waals surface area contributed by atoms with Crippen molar-refractivity contribution in [3.63, 3.8) is 0 Å². The predicted octanol–water partition coefficient (Wildman–Crippen LogP) is -3.94. The predicted molar refractivity (Wildman–Crippen MR) is 314 cm³/mol. The van der Waals surface area contributed by atoms with Gasteiger partial charge < -0.3 is 87.4 Å². The number of benzene rings is 2. The molecule has 22 N–H and O–H groups in total. The molecule has 29 nitrogen and oxygen atoms in total. The molecule has 3 aromatic rings. The fourth-order valence-corrected chi connectivity index (χ4v) is 9.29. The van der Waals surface area contributed by atoms with Gasteiger partial charge in [-0.1, -0.05) is 56.3 Å². The minimum atomic E-state index is -1.51. The van der Waals surface area contributed by atoms with E-state index in [1.165, 1.54) is 29.4 Å². The summed E-state index contributed by atoms with van der Waals surface area (Å²) >= 11 is 0. The molecule has 462 valence electrons. The number of hydrogen-bond acceptors (Lipinski definition) is 15. The van der Waals surface area contributed by atoms with Crippen LogP contribution in [-0.2, 0) is 67.2 Å². The van der Waals surface area contributed by atoms with Gasteiger partial charge in [0.1, 0.15) is 54.1 Å². The number of rotatable bonds is 35. The van der Waals surface area contributed by atoms with Gasteiger partial charge in [0.25, 0.3) is 0 Å². The van der Waals surface area contributed by atoms with Crippen molar-refractivity contribution in [2.24, 2.45) is 56.0 Å². The third kappa shape index (κ3) is 24.1. The molecule has 85 heavy (non-hydrogen) atoms. The molecule has 2 heterocycles. The topological polar surface area (TPSA) is 498 Å². The lowest BCUT2D eigenvalue weighted by molar-refractivity contribution is -0.142. The number of pyridine rings is 1. The van der Waals surface area contributed by atoms with Gasteiger partial charge in [0.05, 0.1) is 6.42 Å². The van der Waals surface area contributed by atoms with Crippen LogP contribution in [0.15, 0.2) is 89.1 Å². The summed E-state index contributed by atoms with van der Waals surface area (Å²) in [5.74, 6) is -8.66. The van der Waals surface area contributed by atoms with Gasteiger partial charge in [-0.15, -0.1) is 0 Å². The number of nitrogens with zero attached hydrogens (tertiary/aromatic N) is 4. The molecule has 0 unspecified atom stereocenters. The van der Waals surface area contributed by atoms with Gasteiger partial charge in [-0.2, -0.15) is 0 Å². The van der Waals surface area contributed by atoms with E-state index in [1.807, 2.05) is 13.8 Å². The quantitative estimate of drug-likeness (QED) is 0.0152. The minimum absolute atomic E-state index is 0.00446. The monoisotopic (exact) mass is 1180 g/mol. The van der Waals surface area contributed by atoms with Crippen LogP contribution < -0.4 is 77.4 Å². The van der Waals surface area contributed by atoms with Crippen LogP contribution in [-0.4, -0.2) is 160 Å². The molecule has 0 spiro atoms. The maximum Gasteiger partial charge on any atom is 0.245 e. The Balaban J connectivity index is 1.65. The summed E-state index contributed by atoms with van der Waals surface area (Å²) in [4.78, 5) is 151. The number of phenols is 1. The number of nitrogens with one attached hydrogen (secondary N) is 7. The van der Waals surface area contributed by atoms with Crippen molar-refractivity contribution in [1.29, 1.82) is 0 Å². The molecule has 1 aliphatic rings. The molecule has 1 saturated heterocycles. The van der Waals surface area contributed by atoms with Crippen molar-refractivity contribution in [2.75, 3.05) is 26.2 Å². The Morgan fingerprint density at radius 3 is 1.58 bits per heavy atom. The van der Waals surface area contributed by atoms with E-state index < -0.39 is 114 Å². The summed E-state index contributed by atoms with van der Waals surface area (Å²) in [7, 11) is 0. The van der Waals surface area contributed by atoms with Crippen molar-refractivity contribution in [2.45, 2.75) is 139 Å². The number of aromatic hydroxyl groups is 1. The van der Waals surface area contributed by atoms with Crippen LogP contribution in [0.1, 0.15) is 88.3 Å². The van der Waals surface area contributed by atoms with E-state index in [4.69, 9.17) is 40.1 Å². The lowest BCUT2D eigenvalue weighted by Crippen LogP contribution is -2.61. The van der Waals surface area contributed by atoms with Crippen LogP contribution in [0.5, 0.6) is 5.75 Å². The Morgan fingerprint density at radius 1 is 0.588 bits per heavy atom. The van der Waals surface area contributed by atoms with Crippen molar-refractivity contribution in [3.05, 3.63) is 95.8 Å². The highest BCUT2D eigenvalue weighted by atomic mass is 16.3. The zero-order chi connectivity index (χ0) is 62.6. The van der Waals surface area contributed by atoms with Gasteiger partial charge in [-0.25, -0.2) is 0 Å². The number of nitrogens with two attached hydrogens (primary N) is 7. The van der Waals surface area contributed by atoms with E-state index in [0.29, 0.717) is 23.1 Å². The summed E-state index contributed by atoms with van der Waals surface area (Å²) in [5.41, 5.74) is 40.2. The van der Waals surface area contributed by atoms with E-state index in [0.717, 1.165) is 0 Å². The molecule has 0 radical (unpaired) electrons. The first-order chi connectivity index (χ1) is 40.4. The van der Waals surface area contributed by atoms with Crippen LogP contribution >= 0.6 is 0 Å². The van der Waals surface area contributed by atoms with E-state index in [-0.39, 0.29) is 114 Å². The van der Waals surface area contributed by atoms with Crippen LogP contribution in [0.25, 0.3) is 0 Å². The second-order valence-corrected chi connectivity index (χ2v) is 20.9. The zero-order valence-electron chi connectivity index (χ0n) is 47.9. The van der Waals surface area contributed by atoms with Gasteiger partial charge >= 0.3 is 0 Å². The van der Waals surface area contributed by atoms with E-state index >= 15 is 0 Å². The average molecular weight is 1180 g/mol. The first kappa shape index (κ1) is 68.1. The van der Waals surface area contributed by atoms with Crippen molar-refractivity contribution in [3.8, 4) is 5.75 Å². The maximum atomic E-state index is 14.8. The highest BCUT2D eigenvalue weighted by Crippen LogP contribution is 2.21. The van der Waals surface area contributed by atoms with Crippen LogP contribution in [0, 0.1) is 5.92 Å². The maximum absolute atomic E-state index is 14.8. The average Bonchev–Trinajstić information content (AvgIpc) is 3.76. The smallest absolute Gasteiger partial charge is 0.245 e. The van der Waals surface area contributed by atoms with Crippen molar-refractivity contribution in [1.82, 2.24) is 47.1 Å². The number of carbonyl (C=O) groups is 10. The molecule has 29 heteroatoms. The fraction of sp³-hybridized carbons (Fsp3) is 0.482. The SMILES string of the molecule is CC(C)C[C@H](NC(=O)[C@H](Cc1ccccc1)NC(=O)[C@H](Cc1ccc(O)cc1)NC(=O)CCN)C(=O)N[C@@H](Cc1ccncc1)C(=O)N[C@@H](CCCN=C(N)N)C(=O)N1CCC[C@H]1C(=O)N[C@@H](CCCN=C(N)N)C(=O)N[C@@H](CC(N)=O)C(N)=O. The summed E-state index contributed by atoms with van der Waals surface area (Å²) < 4.78 is 0. The third-order valence-electron chi connectivity index (χ3n) is 13.5. The van der Waals surface area contributed by atoms with E-state index in [1.54, 1.807) is 54.6 Å². The molecule has 0 saturated carbocycles. The number of phenolic OH excluding ortho intramolecular Hbond substituents is 1. The lowest BCUT2D eigenvalue weighted by atomic mass is 9.99. The zero-order valence-corrected chi connectivity index (χ0v) is 47.9. The number of aliphatic imine (C=N–C) groups is 2. The number of hydrogen-bond donors (Lipinski definition) is 15. The summed E-state index contributed by atoms with van der Waals surface area (Å²) in [6.07, 6.45) is 2.71. The molecule has 4 rings (SSSR count). The third-order valence-corrected chi connectivity index (χ3v) is 13.5. The normalized spacial score (nSPS) is 15.2. The molecule has 1 aliphatic heterocycles. The number of primary amides is 2. The van der Waals surface area contributed by atoms with Gasteiger partial charge in [0.2, 0.25) is 59.1 Å². The number of likely N-dealkylation sites (tertiary alicyclic amines) is 1. The molecule has 0 bridgehead atoms. The molecule has 8 atom stereocenters. The highest BCUT2D eigenvalue weighted by Gasteiger charge is 2.40. The second-order valence-electron chi connectivity index (χ2n) is 20.9. The Kier molecular flexibility index (Phi) is 28.0. The first-order valence-electron chi connectivity index (χ1n) is 28.0. The number of amides is 10. The van der Waals surface area contributed by atoms with Crippen molar-refractivity contribution >= 4 is 71.0 Å². The Bertz CT molecular complexity index is 2800. The largest absolute Gasteiger partial charge is 0.508 e. The molecule has 1 aromatic heterocycles. The molecule has 2 aromatic carbocycles. The second kappa shape index (κ2) is 34.9. The molecule has 0 aliphatic carbocycles. The number of guanidine groups is 2. The first-order valence-corrected chi connectivity index (χ1v) is 28.0. The minimum Gasteiger partial charge on any atom is -0.508 e. The summed E-state index contributed by atoms with van der Waals surface area (Å²) in [6, 6.07) is 7.40. The van der Waals surface area contributed by atoms with Crippen molar-refractivity contribution < 1.29 is 53.1 Å². The number of carbonyl (C=O) groups excluding carboxylic acids is 10. The van der Waals surface area contributed by atoms with Crippen LogP contribution in [0.2, 0.25) is 0 Å². The fourth-order valence-electron chi connectivity index (χ4n) is 9.29. The highest BCUT2D eigenvalue weighted by molar-refractivity contribution is 5.99. The van der Waals surface area contributed by atoms with Crippen LogP contribution in [0.4, 0.5) is 0 Å².